The van der Waals surface area contributed by atoms with Crippen molar-refractivity contribution in [3.05, 3.63) is 72.5 Å². The van der Waals surface area contributed by atoms with Crippen LogP contribution in [-0.4, -0.2) is 87.3 Å². The highest BCUT2D eigenvalue weighted by atomic mass is 16.5. The number of aromatic hydroxyl groups is 1. The van der Waals surface area contributed by atoms with Crippen LogP contribution in [0.3, 0.4) is 0 Å². The largest absolute Gasteiger partial charge is 0.493 e. The van der Waals surface area contributed by atoms with Crippen molar-refractivity contribution in [2.24, 2.45) is 0 Å². The Morgan fingerprint density at radius 2 is 2.12 bits per heavy atom. The Morgan fingerprint density at radius 3 is 2.83 bits per heavy atom. The topological polar surface area (TPSA) is 124 Å². The van der Waals surface area contributed by atoms with Gasteiger partial charge in [-0.2, -0.15) is 5.10 Å². The van der Waals surface area contributed by atoms with Crippen molar-refractivity contribution < 1.29 is 19.4 Å². The van der Waals surface area contributed by atoms with Gasteiger partial charge in [0, 0.05) is 62.2 Å². The number of hydrogen-bond donors (Lipinski definition) is 3. The lowest BCUT2D eigenvalue weighted by Gasteiger charge is -2.30. The van der Waals surface area contributed by atoms with Gasteiger partial charge in [0.1, 0.15) is 5.69 Å². The molecule has 5 rings (SSSR count). The Morgan fingerprint density at radius 1 is 1.27 bits per heavy atom. The fraction of sp³-hybridized carbons (Fsp3) is 0.333. The van der Waals surface area contributed by atoms with E-state index in [0.29, 0.717) is 44.0 Å². The molecule has 1 atom stereocenters. The van der Waals surface area contributed by atoms with Gasteiger partial charge in [0.25, 0.3) is 5.91 Å². The predicted molar refractivity (Wildman–Crippen MR) is 154 cm³/mol. The highest BCUT2D eigenvalue weighted by Gasteiger charge is 2.45. The maximum Gasteiger partial charge on any atom is 0.258 e. The van der Waals surface area contributed by atoms with Gasteiger partial charge in [-0.15, -0.1) is 0 Å². The Bertz CT molecular complexity index is 1490. The molecule has 3 N–H and O–H groups in total. The summed E-state index contributed by atoms with van der Waals surface area (Å²) in [4.78, 5) is 34.3. The number of allylic oxidation sites excluding steroid dienone is 3. The molecule has 40 heavy (non-hydrogen) atoms. The second kappa shape index (κ2) is 11.4. The van der Waals surface area contributed by atoms with Crippen LogP contribution in [0.5, 0.6) is 5.88 Å². The van der Waals surface area contributed by atoms with Crippen molar-refractivity contribution >= 4 is 28.4 Å². The van der Waals surface area contributed by atoms with E-state index in [2.05, 4.69) is 40.1 Å². The molecule has 0 aliphatic carbocycles. The van der Waals surface area contributed by atoms with Gasteiger partial charge in [-0.3, -0.25) is 19.6 Å². The molecular weight excluding hydrogens is 508 g/mol. The van der Waals surface area contributed by atoms with E-state index in [1.165, 1.54) is 24.3 Å². The van der Waals surface area contributed by atoms with Gasteiger partial charge in [0.05, 0.1) is 12.1 Å². The molecule has 3 aromatic rings. The summed E-state index contributed by atoms with van der Waals surface area (Å²) in [6.07, 6.45) is 8.72. The number of fused-ring (bicyclic) bond motifs is 1. The summed E-state index contributed by atoms with van der Waals surface area (Å²) in [5, 5.41) is 20.7. The van der Waals surface area contributed by atoms with E-state index >= 15 is 0 Å². The quantitative estimate of drug-likeness (QED) is 0.371. The van der Waals surface area contributed by atoms with E-state index in [1.807, 2.05) is 28.0 Å². The van der Waals surface area contributed by atoms with Gasteiger partial charge in [0.15, 0.2) is 5.60 Å². The Balaban J connectivity index is 1.23. The lowest BCUT2D eigenvalue weighted by atomic mass is 10.0. The molecular formula is C30H34N6O4. The summed E-state index contributed by atoms with van der Waals surface area (Å²) < 4.78 is 5.78. The third-order valence-corrected chi connectivity index (χ3v) is 7.75. The number of benzene rings is 1. The minimum Gasteiger partial charge on any atom is -0.493 e. The van der Waals surface area contributed by atoms with E-state index in [0.717, 1.165) is 22.9 Å². The minimum atomic E-state index is -1.06. The van der Waals surface area contributed by atoms with Crippen LogP contribution in [0.2, 0.25) is 0 Å². The average Bonchev–Trinajstić information content (AvgIpc) is 3.58. The summed E-state index contributed by atoms with van der Waals surface area (Å²) in [5.41, 5.74) is 4.18. The molecule has 0 unspecified atom stereocenters. The standard InChI is InChI=1S/C30H34N6O4/c1-4-5-20(2)21-10-13-36(14-11-21)27(38)18-35-15-12-30(19-35,40-3)29(39)32-23-7-8-25-24(16-23)28(34-33-25)22-6-9-26(37)31-17-22/h4-10,16-17H,1,11-15,18-19H2,2-3H3,(H,31,37)(H,32,39)(H,33,34)/b20-5+/t30-/m0/s1. The van der Waals surface area contributed by atoms with Crippen LogP contribution in [0.25, 0.3) is 22.2 Å². The number of aromatic amines is 1. The highest BCUT2D eigenvalue weighted by Crippen LogP contribution is 2.31. The molecule has 2 amide bonds. The van der Waals surface area contributed by atoms with Crippen LogP contribution in [-0.2, 0) is 14.3 Å². The zero-order chi connectivity index (χ0) is 28.3. The number of methoxy groups -OCH3 is 1. The normalized spacial score (nSPS) is 20.0. The van der Waals surface area contributed by atoms with Gasteiger partial charge in [-0.25, -0.2) is 4.98 Å². The number of rotatable bonds is 8. The Labute approximate surface area is 233 Å². The molecule has 2 aliphatic rings. The first-order valence-electron chi connectivity index (χ1n) is 13.3. The lowest BCUT2D eigenvalue weighted by Crippen LogP contribution is -2.48. The molecule has 208 valence electrons. The fourth-order valence-electron chi connectivity index (χ4n) is 5.35. The Hall–Kier alpha value is -4.28. The van der Waals surface area contributed by atoms with Crippen molar-refractivity contribution in [1.82, 2.24) is 25.0 Å². The van der Waals surface area contributed by atoms with Crippen LogP contribution in [0, 0.1) is 0 Å². The van der Waals surface area contributed by atoms with E-state index in [9.17, 15) is 14.7 Å². The van der Waals surface area contributed by atoms with E-state index in [1.54, 1.807) is 24.4 Å². The molecule has 10 heteroatoms. The van der Waals surface area contributed by atoms with Crippen LogP contribution in [0.15, 0.2) is 72.5 Å². The van der Waals surface area contributed by atoms with Gasteiger partial charge >= 0.3 is 0 Å². The van der Waals surface area contributed by atoms with Gasteiger partial charge in [-0.1, -0.05) is 24.8 Å². The SMILES string of the molecule is C=C/C=C(\C)C1=CCN(C(=O)CN2CC[C@@](OC)(C(=O)Nc3ccc4[nH]nc(-c5ccc(O)nc5)c4c3)C2)CC1. The summed E-state index contributed by atoms with van der Waals surface area (Å²) in [5.74, 6) is -0.271. The molecule has 2 aliphatic heterocycles. The van der Waals surface area contributed by atoms with Crippen LogP contribution >= 0.6 is 0 Å². The third kappa shape index (κ3) is 5.54. The monoisotopic (exact) mass is 542 g/mol. The number of nitrogens with one attached hydrogen (secondary N) is 2. The Kier molecular flexibility index (Phi) is 7.81. The third-order valence-electron chi connectivity index (χ3n) is 7.75. The van der Waals surface area contributed by atoms with Crippen molar-refractivity contribution in [3.63, 3.8) is 0 Å². The minimum absolute atomic E-state index is 0.0506. The van der Waals surface area contributed by atoms with Crippen LogP contribution in [0.4, 0.5) is 5.69 Å². The molecule has 0 bridgehead atoms. The van der Waals surface area contributed by atoms with Gasteiger partial charge < -0.3 is 20.1 Å². The first-order chi connectivity index (χ1) is 19.3. The van der Waals surface area contributed by atoms with E-state index < -0.39 is 5.60 Å². The molecule has 2 aromatic heterocycles. The maximum atomic E-state index is 13.5. The second-order valence-corrected chi connectivity index (χ2v) is 10.3. The van der Waals surface area contributed by atoms with Crippen molar-refractivity contribution in [2.75, 3.05) is 45.2 Å². The predicted octanol–water partition coefficient (Wildman–Crippen LogP) is 3.65. The van der Waals surface area contributed by atoms with Gasteiger partial charge in [0.2, 0.25) is 11.8 Å². The smallest absolute Gasteiger partial charge is 0.258 e. The number of aromatic nitrogens is 3. The van der Waals surface area contributed by atoms with Crippen LogP contribution < -0.4 is 5.32 Å². The number of amides is 2. The zero-order valence-corrected chi connectivity index (χ0v) is 22.8. The van der Waals surface area contributed by atoms with Gasteiger partial charge in [-0.05, 0) is 55.2 Å². The number of H-pyrrole nitrogens is 1. The summed E-state index contributed by atoms with van der Waals surface area (Å²) >= 11 is 0. The van der Waals surface area contributed by atoms with Crippen molar-refractivity contribution in [2.45, 2.75) is 25.4 Å². The summed E-state index contributed by atoms with van der Waals surface area (Å²) in [7, 11) is 1.54. The average molecular weight is 543 g/mol. The molecule has 1 aromatic carbocycles. The second-order valence-electron chi connectivity index (χ2n) is 10.3. The first-order valence-corrected chi connectivity index (χ1v) is 13.3. The summed E-state index contributed by atoms with van der Waals surface area (Å²) in [6.45, 7) is 8.23. The number of carbonyl (C=O) groups excluding carboxylic acids is 2. The number of pyridine rings is 1. The number of ether oxygens (including phenoxy) is 1. The zero-order valence-electron chi connectivity index (χ0n) is 22.8. The molecule has 0 radical (unpaired) electrons. The lowest BCUT2D eigenvalue weighted by molar-refractivity contribution is -0.138. The number of likely N-dealkylation sites (tertiary alicyclic amines) is 1. The number of carbonyl (C=O) groups is 2. The van der Waals surface area contributed by atoms with Crippen molar-refractivity contribution in [1.29, 1.82) is 0 Å². The van der Waals surface area contributed by atoms with E-state index in [4.69, 9.17) is 4.74 Å². The molecule has 1 fully saturated rings. The number of nitrogens with zero attached hydrogens (tertiary/aromatic N) is 4. The molecule has 0 saturated carbocycles. The molecule has 1 saturated heterocycles. The highest BCUT2D eigenvalue weighted by molar-refractivity contribution is 6.01. The first kappa shape index (κ1) is 27.3. The van der Waals surface area contributed by atoms with E-state index in [-0.39, 0.29) is 24.2 Å². The summed E-state index contributed by atoms with van der Waals surface area (Å²) in [6, 6.07) is 8.74. The molecule has 4 heterocycles. The van der Waals surface area contributed by atoms with Crippen molar-refractivity contribution in [3.8, 4) is 17.1 Å². The molecule has 10 nitrogen and oxygen atoms in total. The van der Waals surface area contributed by atoms with Crippen LogP contribution in [0.1, 0.15) is 19.8 Å². The number of anilines is 1. The molecule has 0 spiro atoms. The fourth-order valence-corrected chi connectivity index (χ4v) is 5.35. The maximum absolute atomic E-state index is 13.5. The number of hydrogen-bond acceptors (Lipinski definition) is 7.